The normalized spacial score (nSPS) is 20.1. The first-order valence-corrected chi connectivity index (χ1v) is 11.7. The molecule has 8 heteroatoms. The van der Waals surface area contributed by atoms with Gasteiger partial charge in [-0.25, -0.2) is 4.99 Å². The van der Waals surface area contributed by atoms with Gasteiger partial charge in [-0.15, -0.1) is 0 Å². The van der Waals surface area contributed by atoms with Gasteiger partial charge in [0, 0.05) is 23.3 Å². The second kappa shape index (κ2) is 8.45. The number of allylic oxidation sites excluding steroid dienone is 3. The zero-order valence-corrected chi connectivity index (χ0v) is 21.0. The number of amidine groups is 1. The SMILES string of the molecule is COc1cc([C@H]2C(C#N)=C3N=C(N)c4ccccc4N3C3=C2C(=O)CC(C)(C)C3)cc(OC)c1OC. The topological polar surface area (TPSA) is 110 Å². The van der Waals surface area contributed by atoms with Crippen molar-refractivity contribution in [2.24, 2.45) is 16.1 Å². The first-order valence-electron chi connectivity index (χ1n) is 11.7. The van der Waals surface area contributed by atoms with Gasteiger partial charge in [-0.3, -0.25) is 9.69 Å². The van der Waals surface area contributed by atoms with Crippen LogP contribution >= 0.6 is 0 Å². The van der Waals surface area contributed by atoms with Crippen LogP contribution in [0.1, 0.15) is 43.7 Å². The number of carbonyl (C=O) groups excluding carboxylic acids is 1. The fourth-order valence-corrected chi connectivity index (χ4v) is 5.50. The van der Waals surface area contributed by atoms with E-state index in [1.165, 1.54) is 21.3 Å². The van der Waals surface area contributed by atoms with Crippen LogP contribution in [0.4, 0.5) is 5.69 Å². The van der Waals surface area contributed by atoms with Crippen molar-refractivity contribution in [2.75, 3.05) is 26.2 Å². The van der Waals surface area contributed by atoms with Gasteiger partial charge in [-0.1, -0.05) is 26.0 Å². The molecule has 0 fully saturated rings. The van der Waals surface area contributed by atoms with Crippen molar-refractivity contribution in [3.8, 4) is 23.3 Å². The molecule has 184 valence electrons. The predicted octanol–water partition coefficient (Wildman–Crippen LogP) is 4.41. The molecule has 0 radical (unpaired) electrons. The molecule has 2 aromatic carbocycles. The van der Waals surface area contributed by atoms with E-state index in [9.17, 15) is 10.1 Å². The molecule has 36 heavy (non-hydrogen) atoms. The number of ether oxygens (including phenoxy) is 3. The zero-order chi connectivity index (χ0) is 25.8. The van der Waals surface area contributed by atoms with Crippen LogP contribution in [0.5, 0.6) is 17.2 Å². The Kier molecular flexibility index (Phi) is 5.51. The number of aliphatic imine (C=N–C) groups is 1. The van der Waals surface area contributed by atoms with E-state index < -0.39 is 5.92 Å². The lowest BCUT2D eigenvalue weighted by Gasteiger charge is -2.45. The van der Waals surface area contributed by atoms with Crippen molar-refractivity contribution in [1.29, 1.82) is 5.26 Å². The second-order valence-corrected chi connectivity index (χ2v) is 9.89. The summed E-state index contributed by atoms with van der Waals surface area (Å²) in [6.45, 7) is 4.17. The molecule has 1 atom stereocenters. The van der Waals surface area contributed by atoms with Crippen molar-refractivity contribution in [2.45, 2.75) is 32.6 Å². The van der Waals surface area contributed by atoms with E-state index in [2.05, 4.69) is 19.9 Å². The zero-order valence-electron chi connectivity index (χ0n) is 21.0. The maximum Gasteiger partial charge on any atom is 0.203 e. The molecule has 2 aliphatic heterocycles. The van der Waals surface area contributed by atoms with Crippen LogP contribution < -0.4 is 24.8 Å². The quantitative estimate of drug-likeness (QED) is 0.684. The van der Waals surface area contributed by atoms with E-state index >= 15 is 0 Å². The van der Waals surface area contributed by atoms with Gasteiger partial charge in [0.15, 0.2) is 23.1 Å². The molecule has 0 unspecified atom stereocenters. The molecule has 8 nitrogen and oxygen atoms in total. The van der Waals surface area contributed by atoms with E-state index in [0.717, 1.165) is 16.9 Å². The minimum Gasteiger partial charge on any atom is -0.493 e. The third-order valence-electron chi connectivity index (χ3n) is 6.98. The molecule has 0 saturated heterocycles. The first-order chi connectivity index (χ1) is 17.2. The van der Waals surface area contributed by atoms with Gasteiger partial charge in [0.1, 0.15) is 5.84 Å². The molecule has 3 aliphatic rings. The lowest BCUT2D eigenvalue weighted by atomic mass is 9.68. The maximum absolute atomic E-state index is 13.8. The van der Waals surface area contributed by atoms with Gasteiger partial charge in [0.25, 0.3) is 0 Å². The fourth-order valence-electron chi connectivity index (χ4n) is 5.50. The highest BCUT2D eigenvalue weighted by Gasteiger charge is 2.47. The Morgan fingerprint density at radius 2 is 1.75 bits per heavy atom. The average molecular weight is 485 g/mol. The molecule has 1 aliphatic carbocycles. The summed E-state index contributed by atoms with van der Waals surface area (Å²) >= 11 is 0. The number of nitrogens with zero attached hydrogens (tertiary/aromatic N) is 3. The van der Waals surface area contributed by atoms with Crippen LogP contribution in [0.15, 0.2) is 64.1 Å². The summed E-state index contributed by atoms with van der Waals surface area (Å²) in [6.07, 6.45) is 1.02. The van der Waals surface area contributed by atoms with Crippen LogP contribution in [0.2, 0.25) is 0 Å². The highest BCUT2D eigenvalue weighted by molar-refractivity contribution is 6.08. The van der Waals surface area contributed by atoms with Crippen molar-refractivity contribution in [3.05, 3.63) is 70.2 Å². The minimum atomic E-state index is -0.657. The second-order valence-electron chi connectivity index (χ2n) is 9.89. The predicted molar refractivity (Wildman–Crippen MR) is 136 cm³/mol. The Bertz CT molecular complexity index is 1400. The lowest BCUT2D eigenvalue weighted by Crippen LogP contribution is -2.42. The Morgan fingerprint density at radius 1 is 1.08 bits per heavy atom. The summed E-state index contributed by atoms with van der Waals surface area (Å²) in [7, 11) is 4.61. The number of hydrogen-bond acceptors (Lipinski definition) is 8. The number of anilines is 1. The molecule has 0 saturated carbocycles. The molecule has 5 rings (SSSR count). The monoisotopic (exact) mass is 484 g/mol. The van der Waals surface area contributed by atoms with Gasteiger partial charge in [-0.05, 0) is 41.7 Å². The van der Waals surface area contributed by atoms with E-state index in [1.807, 2.05) is 29.2 Å². The van der Waals surface area contributed by atoms with Crippen molar-refractivity contribution in [1.82, 2.24) is 0 Å². The number of carbonyl (C=O) groups is 1. The number of nitrogens with two attached hydrogens (primary N) is 1. The van der Waals surface area contributed by atoms with E-state index in [4.69, 9.17) is 24.9 Å². The van der Waals surface area contributed by atoms with Crippen LogP contribution in [0.3, 0.4) is 0 Å². The third kappa shape index (κ3) is 3.42. The van der Waals surface area contributed by atoms with E-state index in [0.29, 0.717) is 58.5 Å². The summed E-state index contributed by atoms with van der Waals surface area (Å²) in [6, 6.07) is 13.6. The molecule has 0 bridgehead atoms. The molecule has 0 spiro atoms. The summed E-state index contributed by atoms with van der Waals surface area (Å²) < 4.78 is 16.7. The smallest absolute Gasteiger partial charge is 0.203 e. The molecule has 2 heterocycles. The highest BCUT2D eigenvalue weighted by Crippen LogP contribution is 2.54. The summed E-state index contributed by atoms with van der Waals surface area (Å²) in [5, 5.41) is 10.5. The van der Waals surface area contributed by atoms with Gasteiger partial charge in [-0.2, -0.15) is 5.26 Å². The summed E-state index contributed by atoms with van der Waals surface area (Å²) in [5.74, 6) is 1.45. The minimum absolute atomic E-state index is 0.00630. The van der Waals surface area contributed by atoms with Gasteiger partial charge < -0.3 is 19.9 Å². The summed E-state index contributed by atoms with van der Waals surface area (Å²) in [5.41, 5.74) is 10.2. The highest BCUT2D eigenvalue weighted by atomic mass is 16.5. The fraction of sp³-hybridized carbons (Fsp3) is 0.321. The Labute approximate surface area is 210 Å². The van der Waals surface area contributed by atoms with Gasteiger partial charge in [0.2, 0.25) is 5.75 Å². The lowest BCUT2D eigenvalue weighted by molar-refractivity contribution is -0.118. The Balaban J connectivity index is 1.85. The molecular weight excluding hydrogens is 456 g/mol. The van der Waals surface area contributed by atoms with E-state index in [1.54, 1.807) is 12.1 Å². The number of hydrogen-bond donors (Lipinski definition) is 1. The molecule has 0 amide bonds. The van der Waals surface area contributed by atoms with Gasteiger partial charge >= 0.3 is 0 Å². The summed E-state index contributed by atoms with van der Waals surface area (Å²) in [4.78, 5) is 20.5. The van der Waals surface area contributed by atoms with E-state index in [-0.39, 0.29) is 11.2 Å². The van der Waals surface area contributed by atoms with Crippen molar-refractivity contribution in [3.63, 3.8) is 0 Å². The Morgan fingerprint density at radius 3 is 2.36 bits per heavy atom. The molecule has 2 aromatic rings. The number of benzene rings is 2. The largest absolute Gasteiger partial charge is 0.493 e. The van der Waals surface area contributed by atoms with Crippen LogP contribution in [-0.4, -0.2) is 32.9 Å². The van der Waals surface area contributed by atoms with Crippen LogP contribution in [-0.2, 0) is 4.79 Å². The van der Waals surface area contributed by atoms with Crippen molar-refractivity contribution < 1.29 is 19.0 Å². The van der Waals surface area contributed by atoms with Crippen LogP contribution in [0, 0.1) is 16.7 Å². The molecular formula is C28H28N4O4. The first kappa shape index (κ1) is 23.5. The number of ketones is 1. The molecule has 2 N–H and O–H groups in total. The number of rotatable bonds is 4. The van der Waals surface area contributed by atoms with Crippen molar-refractivity contribution >= 4 is 17.3 Å². The van der Waals surface area contributed by atoms with Crippen LogP contribution in [0.25, 0.3) is 0 Å². The third-order valence-corrected chi connectivity index (χ3v) is 6.98. The number of Topliss-reactive ketones (excluding diaryl/α,β-unsaturated/α-hetero) is 1. The van der Waals surface area contributed by atoms with Gasteiger partial charge in [0.05, 0.1) is 44.6 Å². The number of methoxy groups -OCH3 is 3. The number of fused-ring (bicyclic) bond motifs is 4. The average Bonchev–Trinajstić information content (AvgIpc) is 2.86. The standard InChI is InChI=1S/C28H28N4O4/c1-28(2)12-19-24(20(33)13-28)23(15-10-21(34-3)25(36-5)22(11-15)35-4)17(14-29)27-31-26(30)16-8-6-7-9-18(16)32(19)27/h6-11,23H,12-13H2,1-5H3,(H2,30,31)/t23-/m0/s1. The Hall–Kier alpha value is -4.25. The number of para-hydroxylation sites is 1. The maximum atomic E-state index is 13.8. The number of nitriles is 1. The molecule has 0 aromatic heterocycles.